The van der Waals surface area contributed by atoms with Gasteiger partial charge in [0.15, 0.2) is 17.2 Å². The minimum absolute atomic E-state index is 0.0380. The van der Waals surface area contributed by atoms with Crippen molar-refractivity contribution in [2.45, 2.75) is 31.1 Å². The molecule has 32 heavy (non-hydrogen) atoms. The third kappa shape index (κ3) is 3.98. The second-order valence-corrected chi connectivity index (χ2v) is 10.1. The molecule has 1 atom stereocenters. The predicted octanol–water partition coefficient (Wildman–Crippen LogP) is 3.59. The molecule has 2 N–H and O–H groups in total. The zero-order valence-electron chi connectivity index (χ0n) is 17.7. The highest BCUT2D eigenvalue weighted by atomic mass is 79.9. The number of aliphatic imine (C=N–C) groups is 1. The van der Waals surface area contributed by atoms with Crippen LogP contribution < -0.4 is 19.9 Å². The standard InChI is InChI=1S/C21H24BrN6O3S/c1-13(29)27-5-2-14(3-6-27)4-7-28(23)20-16(10-24-11-25-20)26-21(28)32-19-9-18-17(8-15(19)22)30-12-31-18/h8-11,14H,2-7,12,23H2,1H3/q+1. The van der Waals surface area contributed by atoms with E-state index in [1.807, 2.05) is 17.0 Å². The number of likely N-dealkylation sites (tertiary alicyclic amines) is 1. The Bertz CT molecular complexity index is 1090. The molecule has 1 fully saturated rings. The number of halogens is 1. The molecule has 3 aliphatic rings. The van der Waals surface area contributed by atoms with Crippen molar-refractivity contribution in [3.05, 3.63) is 29.1 Å². The Hall–Kier alpha value is -2.21. The topological polar surface area (TPSA) is 103 Å². The number of ether oxygens (including phenoxy) is 2. The van der Waals surface area contributed by atoms with Gasteiger partial charge in [0.1, 0.15) is 12.9 Å². The highest BCUT2D eigenvalue weighted by Crippen LogP contribution is 2.45. The Balaban J connectivity index is 1.36. The third-order valence-corrected chi connectivity index (χ3v) is 8.26. The summed E-state index contributed by atoms with van der Waals surface area (Å²) in [5.74, 6) is 9.77. The average molecular weight is 520 g/mol. The van der Waals surface area contributed by atoms with Gasteiger partial charge >= 0.3 is 0 Å². The number of piperidine rings is 1. The van der Waals surface area contributed by atoms with Crippen LogP contribution in [-0.4, -0.2) is 52.4 Å². The van der Waals surface area contributed by atoms with Crippen LogP contribution in [-0.2, 0) is 4.79 Å². The van der Waals surface area contributed by atoms with Gasteiger partial charge in [-0.3, -0.25) is 4.79 Å². The lowest BCUT2D eigenvalue weighted by molar-refractivity contribution is -0.130. The number of carbonyl (C=O) groups excluding carboxylic acids is 1. The molecule has 11 heteroatoms. The molecule has 168 valence electrons. The number of quaternary nitrogens is 1. The van der Waals surface area contributed by atoms with Crippen molar-refractivity contribution in [1.29, 1.82) is 0 Å². The number of amidine groups is 1. The highest BCUT2D eigenvalue weighted by Gasteiger charge is 2.45. The maximum Gasteiger partial charge on any atom is 0.295 e. The molecule has 0 aliphatic carbocycles. The van der Waals surface area contributed by atoms with Gasteiger partial charge in [-0.25, -0.2) is 4.98 Å². The van der Waals surface area contributed by atoms with Crippen molar-refractivity contribution < 1.29 is 14.3 Å². The quantitative estimate of drug-likeness (QED) is 0.486. The molecule has 0 saturated carbocycles. The van der Waals surface area contributed by atoms with E-state index in [1.54, 1.807) is 13.1 Å². The maximum atomic E-state index is 11.6. The smallest absolute Gasteiger partial charge is 0.295 e. The van der Waals surface area contributed by atoms with E-state index in [9.17, 15) is 4.79 Å². The molecule has 0 bridgehead atoms. The number of rotatable bonds is 4. The van der Waals surface area contributed by atoms with E-state index in [1.165, 1.54) is 18.1 Å². The second kappa shape index (κ2) is 8.62. The van der Waals surface area contributed by atoms with Gasteiger partial charge in [0.05, 0.1) is 6.20 Å². The SMILES string of the molecule is CC(=O)N1CCC(CC[N+]2(N)C(Sc3cc4c(cc3Br)OCO4)=Nc3cncnc32)CC1. The van der Waals surface area contributed by atoms with E-state index < -0.39 is 0 Å². The molecule has 2 aromatic rings. The molecular weight excluding hydrogens is 496 g/mol. The number of hydrogen-bond acceptors (Lipinski definition) is 8. The first-order chi connectivity index (χ1) is 15.4. The summed E-state index contributed by atoms with van der Waals surface area (Å²) in [7, 11) is 0. The van der Waals surface area contributed by atoms with Gasteiger partial charge in [-0.05, 0) is 58.6 Å². The summed E-state index contributed by atoms with van der Waals surface area (Å²) >= 11 is 5.12. The molecule has 0 radical (unpaired) electrons. The Kier molecular flexibility index (Phi) is 5.82. The lowest BCUT2D eigenvalue weighted by Crippen LogP contribution is -2.59. The highest BCUT2D eigenvalue weighted by molar-refractivity contribution is 9.10. The van der Waals surface area contributed by atoms with Gasteiger partial charge in [0.2, 0.25) is 12.7 Å². The molecule has 1 aromatic carbocycles. The van der Waals surface area contributed by atoms with Crippen LogP contribution in [0.2, 0.25) is 0 Å². The summed E-state index contributed by atoms with van der Waals surface area (Å²) in [4.78, 5) is 27.9. The van der Waals surface area contributed by atoms with Gasteiger partial charge in [-0.15, -0.1) is 4.59 Å². The van der Waals surface area contributed by atoms with Crippen molar-refractivity contribution in [1.82, 2.24) is 19.5 Å². The lowest BCUT2D eigenvalue weighted by atomic mass is 9.93. The Morgan fingerprint density at radius 2 is 2.06 bits per heavy atom. The Labute approximate surface area is 198 Å². The molecule has 9 nitrogen and oxygen atoms in total. The molecule has 1 saturated heterocycles. The lowest BCUT2D eigenvalue weighted by Gasteiger charge is -2.33. The summed E-state index contributed by atoms with van der Waals surface area (Å²) < 4.78 is 11.9. The number of fused-ring (bicyclic) bond motifs is 2. The van der Waals surface area contributed by atoms with E-state index in [0.717, 1.165) is 46.9 Å². The fraction of sp³-hybridized carbons (Fsp3) is 0.429. The summed E-state index contributed by atoms with van der Waals surface area (Å²) in [6.07, 6.45) is 6.13. The van der Waals surface area contributed by atoms with E-state index in [0.29, 0.717) is 35.5 Å². The van der Waals surface area contributed by atoms with Crippen LogP contribution >= 0.6 is 27.7 Å². The molecule has 1 unspecified atom stereocenters. The van der Waals surface area contributed by atoms with Crippen molar-refractivity contribution in [3.63, 3.8) is 0 Å². The van der Waals surface area contributed by atoms with E-state index in [-0.39, 0.29) is 17.3 Å². The van der Waals surface area contributed by atoms with Crippen LogP contribution in [0.3, 0.4) is 0 Å². The monoisotopic (exact) mass is 519 g/mol. The first kappa shape index (κ1) is 21.6. The number of benzene rings is 1. The van der Waals surface area contributed by atoms with Crippen molar-refractivity contribution >= 4 is 50.3 Å². The molecule has 0 spiro atoms. The van der Waals surface area contributed by atoms with E-state index in [4.69, 9.17) is 20.3 Å². The maximum absolute atomic E-state index is 11.6. The van der Waals surface area contributed by atoms with Gasteiger partial charge < -0.3 is 14.4 Å². The van der Waals surface area contributed by atoms with Crippen LogP contribution in [0, 0.1) is 5.92 Å². The van der Waals surface area contributed by atoms with Gasteiger partial charge in [-0.2, -0.15) is 15.8 Å². The molecule has 1 amide bonds. The predicted molar refractivity (Wildman–Crippen MR) is 126 cm³/mol. The van der Waals surface area contributed by atoms with Crippen LogP contribution in [0.5, 0.6) is 11.5 Å². The summed E-state index contributed by atoms with van der Waals surface area (Å²) in [6, 6.07) is 3.84. The van der Waals surface area contributed by atoms with Crippen LogP contribution in [0.25, 0.3) is 0 Å². The first-order valence-corrected chi connectivity index (χ1v) is 12.1. The van der Waals surface area contributed by atoms with Crippen molar-refractivity contribution in [2.24, 2.45) is 16.8 Å². The molecule has 1 aromatic heterocycles. The number of nitrogens with zero attached hydrogens (tertiary/aromatic N) is 5. The normalized spacial score (nSPS) is 22.1. The summed E-state index contributed by atoms with van der Waals surface area (Å²) in [5, 5.41) is 0.737. The van der Waals surface area contributed by atoms with Crippen LogP contribution in [0.4, 0.5) is 11.5 Å². The summed E-state index contributed by atoms with van der Waals surface area (Å²) in [6.45, 7) is 4.14. The molecule has 5 rings (SSSR count). The van der Waals surface area contributed by atoms with Crippen LogP contribution in [0.1, 0.15) is 26.2 Å². The molecular formula is C21H24BrN6O3S+. The zero-order chi connectivity index (χ0) is 22.3. The van der Waals surface area contributed by atoms with Gasteiger partial charge in [0.25, 0.3) is 11.0 Å². The van der Waals surface area contributed by atoms with E-state index in [2.05, 4.69) is 25.9 Å². The first-order valence-electron chi connectivity index (χ1n) is 10.5. The molecule has 3 aliphatic heterocycles. The van der Waals surface area contributed by atoms with Gasteiger partial charge in [-0.1, -0.05) is 0 Å². The fourth-order valence-electron chi connectivity index (χ4n) is 4.29. The second-order valence-electron chi connectivity index (χ2n) is 8.19. The number of carbonyl (C=O) groups is 1. The van der Waals surface area contributed by atoms with Crippen molar-refractivity contribution in [3.8, 4) is 11.5 Å². The fourth-order valence-corrected chi connectivity index (χ4v) is 5.86. The Morgan fingerprint density at radius 1 is 1.31 bits per heavy atom. The number of thioether (sulfide) groups is 1. The van der Waals surface area contributed by atoms with Crippen LogP contribution in [0.15, 0.2) is 39.0 Å². The van der Waals surface area contributed by atoms with Gasteiger partial charge in [0, 0.05) is 35.8 Å². The minimum Gasteiger partial charge on any atom is -0.454 e. The third-order valence-electron chi connectivity index (χ3n) is 6.19. The number of amides is 1. The van der Waals surface area contributed by atoms with E-state index >= 15 is 0 Å². The number of nitrogens with two attached hydrogens (primary N) is 1. The number of aromatic nitrogens is 2. The summed E-state index contributed by atoms with van der Waals surface area (Å²) in [5.41, 5.74) is 0.695. The zero-order valence-corrected chi connectivity index (χ0v) is 20.1. The minimum atomic E-state index is 0.0380. The van der Waals surface area contributed by atoms with Crippen molar-refractivity contribution in [2.75, 3.05) is 26.4 Å². The average Bonchev–Trinajstić information content (AvgIpc) is 3.35. The Morgan fingerprint density at radius 3 is 2.81 bits per heavy atom. The number of hydrogen-bond donors (Lipinski definition) is 1. The molecule has 4 heterocycles. The largest absolute Gasteiger partial charge is 0.454 e.